The van der Waals surface area contributed by atoms with Crippen LogP contribution in [-0.4, -0.2) is 62.6 Å². The van der Waals surface area contributed by atoms with Gasteiger partial charge in [-0.15, -0.1) is 11.8 Å². The number of fused-ring (bicyclic) bond motifs is 1. The van der Waals surface area contributed by atoms with Crippen LogP contribution in [-0.2, 0) is 23.9 Å². The molecule has 29 heavy (non-hydrogen) atoms. The lowest BCUT2D eigenvalue weighted by molar-refractivity contribution is -0.151. The molecule has 1 unspecified atom stereocenters. The molecule has 0 saturated carbocycles. The Morgan fingerprint density at radius 2 is 2.00 bits per heavy atom. The van der Waals surface area contributed by atoms with Gasteiger partial charge in [-0.05, 0) is 17.7 Å². The second-order valence-electron chi connectivity index (χ2n) is 6.50. The summed E-state index contributed by atoms with van der Waals surface area (Å²) in [7, 11) is 0. The van der Waals surface area contributed by atoms with E-state index in [0.29, 0.717) is 11.1 Å². The Morgan fingerprint density at radius 3 is 2.59 bits per heavy atom. The Labute approximate surface area is 169 Å². The number of nitrogens with two attached hydrogens (primary N) is 1. The van der Waals surface area contributed by atoms with Crippen molar-refractivity contribution in [3.8, 4) is 5.75 Å². The van der Waals surface area contributed by atoms with Gasteiger partial charge in [0.2, 0.25) is 5.91 Å². The van der Waals surface area contributed by atoms with Crippen molar-refractivity contribution < 1.29 is 34.1 Å². The molecule has 2 aliphatic heterocycles. The average Bonchev–Trinajstić information content (AvgIpc) is 2.69. The van der Waals surface area contributed by atoms with Gasteiger partial charge in [0, 0.05) is 18.2 Å². The van der Waals surface area contributed by atoms with Crippen molar-refractivity contribution in [2.75, 3.05) is 12.4 Å². The first-order valence-corrected chi connectivity index (χ1v) is 9.63. The molecule has 0 bridgehead atoms. The van der Waals surface area contributed by atoms with Crippen LogP contribution in [0.25, 0.3) is 0 Å². The van der Waals surface area contributed by atoms with E-state index < -0.39 is 41.2 Å². The summed E-state index contributed by atoms with van der Waals surface area (Å²) in [5, 5.41) is 20.8. The number of carbonyl (C=O) groups is 4. The lowest BCUT2D eigenvalue weighted by Crippen LogP contribution is -2.71. The maximum Gasteiger partial charge on any atom is 0.352 e. The van der Waals surface area contributed by atoms with E-state index in [2.05, 4.69) is 5.32 Å². The van der Waals surface area contributed by atoms with Crippen LogP contribution in [0.1, 0.15) is 18.5 Å². The van der Waals surface area contributed by atoms with Crippen LogP contribution in [0.4, 0.5) is 0 Å². The Bertz CT molecular complexity index is 899. The van der Waals surface area contributed by atoms with E-state index >= 15 is 0 Å². The maximum absolute atomic E-state index is 12.6. The van der Waals surface area contributed by atoms with E-state index in [-0.39, 0.29) is 23.8 Å². The van der Waals surface area contributed by atoms with Crippen molar-refractivity contribution in [1.82, 2.24) is 10.2 Å². The zero-order valence-electron chi connectivity index (χ0n) is 15.3. The number of nitrogens with one attached hydrogen (secondary N) is 1. The number of rotatable bonds is 6. The van der Waals surface area contributed by atoms with Crippen LogP contribution in [0.2, 0.25) is 0 Å². The molecule has 3 rings (SSSR count). The summed E-state index contributed by atoms with van der Waals surface area (Å²) in [6.07, 6.45) is 0. The van der Waals surface area contributed by atoms with Crippen LogP contribution in [0.5, 0.6) is 5.75 Å². The second kappa shape index (κ2) is 8.13. The first kappa shape index (κ1) is 20.7. The number of carbonyl (C=O) groups excluding carboxylic acids is 3. The standard InChI is InChI=1S/C18H19N3O7S/c1-8(22)28-6-10-7-29-17-13(16(25)21(17)14(10)18(26)27)20-15(24)12(19)9-2-4-11(23)5-3-9/h2-5,12-13,17,23H,6-7,19H2,1H3,(H,20,24)(H,26,27)/t12-,13?,17-/m1/s1. The van der Waals surface area contributed by atoms with E-state index in [9.17, 15) is 29.4 Å². The summed E-state index contributed by atoms with van der Waals surface area (Å²) in [4.78, 5) is 48.8. The number of benzene rings is 1. The lowest BCUT2D eigenvalue weighted by atomic mass is 10.0. The molecule has 3 atom stereocenters. The van der Waals surface area contributed by atoms with Crippen LogP contribution in [0.3, 0.4) is 0 Å². The normalized spacial score (nSPS) is 21.7. The molecule has 2 heterocycles. The van der Waals surface area contributed by atoms with E-state index in [1.807, 2.05) is 0 Å². The number of carboxylic acid groups (broad SMARTS) is 1. The number of aromatic hydroxyl groups is 1. The van der Waals surface area contributed by atoms with Gasteiger partial charge < -0.3 is 26.0 Å². The van der Waals surface area contributed by atoms with Gasteiger partial charge in [-0.3, -0.25) is 19.3 Å². The Hall–Kier alpha value is -3.05. The number of aliphatic carboxylic acids is 1. The molecule has 0 radical (unpaired) electrons. The number of phenolic OH excluding ortho intramolecular Hbond substituents is 1. The molecule has 0 spiro atoms. The summed E-state index contributed by atoms with van der Waals surface area (Å²) in [5.41, 5.74) is 6.46. The molecule has 1 saturated heterocycles. The highest BCUT2D eigenvalue weighted by molar-refractivity contribution is 8.00. The first-order valence-electron chi connectivity index (χ1n) is 8.59. The number of esters is 1. The molecule has 1 fully saturated rings. The fourth-order valence-corrected chi connectivity index (χ4v) is 4.39. The molecule has 11 heteroatoms. The smallest absolute Gasteiger partial charge is 0.352 e. The lowest BCUT2D eigenvalue weighted by Gasteiger charge is -2.49. The number of hydrogen-bond acceptors (Lipinski definition) is 8. The van der Waals surface area contributed by atoms with Crippen molar-refractivity contribution in [3.63, 3.8) is 0 Å². The van der Waals surface area contributed by atoms with E-state index in [1.165, 1.54) is 43.0 Å². The number of phenols is 1. The SMILES string of the molecule is CC(=O)OCC1=C(C(=O)O)N2C(=O)C(NC(=O)[C@H](N)c3ccc(O)cc3)[C@H]2SC1. The molecule has 0 aromatic heterocycles. The summed E-state index contributed by atoms with van der Waals surface area (Å²) in [6, 6.07) is 3.81. The molecular weight excluding hydrogens is 402 g/mol. The van der Waals surface area contributed by atoms with Crippen LogP contribution in [0.15, 0.2) is 35.5 Å². The predicted molar refractivity (Wildman–Crippen MR) is 101 cm³/mol. The second-order valence-corrected chi connectivity index (χ2v) is 7.61. The predicted octanol–water partition coefficient (Wildman–Crippen LogP) is -0.306. The van der Waals surface area contributed by atoms with Gasteiger partial charge in [0.1, 0.15) is 35.5 Å². The molecule has 10 nitrogen and oxygen atoms in total. The van der Waals surface area contributed by atoms with Gasteiger partial charge in [0.25, 0.3) is 5.91 Å². The third kappa shape index (κ3) is 4.05. The highest BCUT2D eigenvalue weighted by atomic mass is 32.2. The third-order valence-electron chi connectivity index (χ3n) is 4.53. The van der Waals surface area contributed by atoms with Crippen LogP contribution in [0, 0.1) is 0 Å². The molecule has 5 N–H and O–H groups in total. The number of carboxylic acids is 1. The van der Waals surface area contributed by atoms with Gasteiger partial charge in [0.05, 0.1) is 0 Å². The summed E-state index contributed by atoms with van der Waals surface area (Å²) in [6.45, 7) is 0.987. The van der Waals surface area contributed by atoms with Crippen molar-refractivity contribution in [2.24, 2.45) is 5.73 Å². The zero-order chi connectivity index (χ0) is 21.3. The Balaban J connectivity index is 1.71. The van der Waals surface area contributed by atoms with Gasteiger partial charge >= 0.3 is 11.9 Å². The topological polar surface area (TPSA) is 159 Å². The molecule has 1 aromatic carbocycles. The third-order valence-corrected chi connectivity index (χ3v) is 5.87. The quantitative estimate of drug-likeness (QED) is 0.357. The molecule has 0 aliphatic carbocycles. The van der Waals surface area contributed by atoms with E-state index in [4.69, 9.17) is 10.5 Å². The Kier molecular flexibility index (Phi) is 5.80. The van der Waals surface area contributed by atoms with Crippen LogP contribution >= 0.6 is 11.8 Å². The molecule has 154 valence electrons. The summed E-state index contributed by atoms with van der Waals surface area (Å²) < 4.78 is 4.87. The highest BCUT2D eigenvalue weighted by Gasteiger charge is 2.54. The van der Waals surface area contributed by atoms with E-state index in [0.717, 1.165) is 4.90 Å². The number of amides is 2. The van der Waals surface area contributed by atoms with Gasteiger partial charge in [-0.25, -0.2) is 4.79 Å². The van der Waals surface area contributed by atoms with Gasteiger partial charge in [0.15, 0.2) is 0 Å². The number of nitrogens with zero attached hydrogens (tertiary/aromatic N) is 1. The van der Waals surface area contributed by atoms with Gasteiger partial charge in [-0.1, -0.05) is 12.1 Å². The highest BCUT2D eigenvalue weighted by Crippen LogP contribution is 2.40. The molecule has 2 aliphatic rings. The van der Waals surface area contributed by atoms with E-state index in [1.54, 1.807) is 0 Å². The summed E-state index contributed by atoms with van der Waals surface area (Å²) >= 11 is 1.26. The van der Waals surface area contributed by atoms with Gasteiger partial charge in [-0.2, -0.15) is 0 Å². The van der Waals surface area contributed by atoms with Crippen molar-refractivity contribution in [3.05, 3.63) is 41.1 Å². The number of ether oxygens (including phenoxy) is 1. The minimum atomic E-state index is -1.31. The maximum atomic E-state index is 12.6. The molecular formula is C18H19N3O7S. The zero-order valence-corrected chi connectivity index (χ0v) is 16.1. The number of β-lactam (4-membered cyclic amide) rings is 1. The first-order chi connectivity index (χ1) is 13.7. The average molecular weight is 421 g/mol. The van der Waals surface area contributed by atoms with Crippen molar-refractivity contribution in [1.29, 1.82) is 0 Å². The van der Waals surface area contributed by atoms with Crippen molar-refractivity contribution in [2.45, 2.75) is 24.4 Å². The van der Waals surface area contributed by atoms with Crippen molar-refractivity contribution >= 4 is 35.5 Å². The Morgan fingerprint density at radius 1 is 1.34 bits per heavy atom. The van der Waals surface area contributed by atoms with Crippen LogP contribution < -0.4 is 11.1 Å². The largest absolute Gasteiger partial charge is 0.508 e. The fourth-order valence-electron chi connectivity index (χ4n) is 3.06. The monoisotopic (exact) mass is 421 g/mol. The summed E-state index contributed by atoms with van der Waals surface area (Å²) in [5.74, 6) is -2.77. The number of thioether (sulfide) groups is 1. The minimum absolute atomic E-state index is 0.0299. The number of hydrogen-bond donors (Lipinski definition) is 4. The molecule has 1 aromatic rings. The fraction of sp³-hybridized carbons (Fsp3) is 0.333. The minimum Gasteiger partial charge on any atom is -0.508 e. The molecule has 2 amide bonds.